The number of hydrogen-bond donors (Lipinski definition) is 2. The van der Waals surface area contributed by atoms with Crippen LogP contribution >= 0.6 is 0 Å². The Morgan fingerprint density at radius 1 is 0.900 bits per heavy atom. The standard InChI is InChI=1S/C13H8F4N2O/c14-7-3-8(15)5-9(4-7)19-13(20)6-1-10(16)12(18)11(17)2-6/h1-5H,18H2,(H,19,20). The van der Waals surface area contributed by atoms with Gasteiger partial charge in [0.15, 0.2) is 0 Å². The van der Waals surface area contributed by atoms with E-state index in [0.29, 0.717) is 6.07 Å². The predicted molar refractivity (Wildman–Crippen MR) is 65.1 cm³/mol. The van der Waals surface area contributed by atoms with E-state index in [9.17, 15) is 22.4 Å². The van der Waals surface area contributed by atoms with Crippen molar-refractivity contribution in [1.29, 1.82) is 0 Å². The van der Waals surface area contributed by atoms with Gasteiger partial charge in [0, 0.05) is 17.3 Å². The van der Waals surface area contributed by atoms with Crippen LogP contribution in [-0.2, 0) is 0 Å². The second-order valence-corrected chi connectivity index (χ2v) is 3.97. The van der Waals surface area contributed by atoms with E-state index in [1.807, 2.05) is 0 Å². The van der Waals surface area contributed by atoms with Gasteiger partial charge in [-0.05, 0) is 24.3 Å². The third-order valence-electron chi connectivity index (χ3n) is 2.46. The van der Waals surface area contributed by atoms with Crippen LogP contribution < -0.4 is 11.1 Å². The Balaban J connectivity index is 2.28. The van der Waals surface area contributed by atoms with Crippen molar-refractivity contribution in [1.82, 2.24) is 0 Å². The molecule has 2 aromatic carbocycles. The lowest BCUT2D eigenvalue weighted by Gasteiger charge is -2.07. The van der Waals surface area contributed by atoms with Crippen molar-refractivity contribution in [3.8, 4) is 0 Å². The van der Waals surface area contributed by atoms with E-state index < -0.39 is 34.9 Å². The van der Waals surface area contributed by atoms with Crippen molar-refractivity contribution in [2.45, 2.75) is 0 Å². The molecule has 7 heteroatoms. The number of nitrogens with one attached hydrogen (secondary N) is 1. The minimum atomic E-state index is -1.10. The summed E-state index contributed by atoms with van der Waals surface area (Å²) in [5.41, 5.74) is 3.81. The number of carbonyl (C=O) groups excluding carboxylic acids is 1. The normalized spacial score (nSPS) is 10.4. The van der Waals surface area contributed by atoms with E-state index in [1.165, 1.54) is 0 Å². The van der Waals surface area contributed by atoms with Gasteiger partial charge < -0.3 is 11.1 Å². The molecule has 3 N–H and O–H groups in total. The van der Waals surface area contributed by atoms with Gasteiger partial charge in [0.1, 0.15) is 29.0 Å². The van der Waals surface area contributed by atoms with Gasteiger partial charge in [-0.1, -0.05) is 0 Å². The van der Waals surface area contributed by atoms with Crippen LogP contribution in [0.3, 0.4) is 0 Å². The number of anilines is 2. The highest BCUT2D eigenvalue weighted by Crippen LogP contribution is 2.19. The van der Waals surface area contributed by atoms with Crippen molar-refractivity contribution in [2.24, 2.45) is 0 Å². The van der Waals surface area contributed by atoms with E-state index in [0.717, 1.165) is 24.3 Å². The van der Waals surface area contributed by atoms with E-state index in [1.54, 1.807) is 0 Å². The molecule has 0 heterocycles. The van der Waals surface area contributed by atoms with Crippen LogP contribution in [-0.4, -0.2) is 5.91 Å². The number of carbonyl (C=O) groups is 1. The van der Waals surface area contributed by atoms with Crippen molar-refractivity contribution in [2.75, 3.05) is 11.1 Å². The number of nitrogen functional groups attached to an aromatic ring is 1. The van der Waals surface area contributed by atoms with Crippen LogP contribution in [0.25, 0.3) is 0 Å². The molecule has 3 nitrogen and oxygen atoms in total. The molecule has 0 aliphatic carbocycles. The Labute approximate surface area is 111 Å². The second kappa shape index (κ2) is 5.20. The van der Waals surface area contributed by atoms with E-state index in [-0.39, 0.29) is 11.3 Å². The van der Waals surface area contributed by atoms with Gasteiger partial charge >= 0.3 is 0 Å². The highest BCUT2D eigenvalue weighted by atomic mass is 19.1. The largest absolute Gasteiger partial charge is 0.394 e. The SMILES string of the molecule is Nc1c(F)cc(C(=O)Nc2cc(F)cc(F)c2)cc1F. The quantitative estimate of drug-likeness (QED) is 0.657. The number of hydrogen-bond acceptors (Lipinski definition) is 2. The fourth-order valence-corrected chi connectivity index (χ4v) is 1.54. The molecule has 0 radical (unpaired) electrons. The summed E-state index contributed by atoms with van der Waals surface area (Å²) in [4.78, 5) is 11.7. The van der Waals surface area contributed by atoms with Crippen molar-refractivity contribution < 1.29 is 22.4 Å². The molecule has 104 valence electrons. The Kier molecular flexibility index (Phi) is 3.60. The summed E-state index contributed by atoms with van der Waals surface area (Å²) >= 11 is 0. The number of nitrogens with two attached hydrogens (primary N) is 1. The summed E-state index contributed by atoms with van der Waals surface area (Å²) in [6.45, 7) is 0. The Hall–Kier alpha value is -2.57. The molecule has 0 atom stereocenters. The number of halogens is 4. The van der Waals surface area contributed by atoms with Crippen LogP contribution in [0.5, 0.6) is 0 Å². The van der Waals surface area contributed by atoms with Gasteiger partial charge in [0.25, 0.3) is 5.91 Å². The lowest BCUT2D eigenvalue weighted by molar-refractivity contribution is 0.102. The number of amides is 1. The first-order chi connectivity index (χ1) is 9.36. The molecular weight excluding hydrogens is 276 g/mol. The van der Waals surface area contributed by atoms with E-state index in [4.69, 9.17) is 5.73 Å². The molecule has 1 amide bonds. The van der Waals surface area contributed by atoms with Crippen LogP contribution in [0.4, 0.5) is 28.9 Å². The Morgan fingerprint density at radius 2 is 1.40 bits per heavy atom. The van der Waals surface area contributed by atoms with Crippen LogP contribution in [0.15, 0.2) is 30.3 Å². The molecule has 0 aliphatic rings. The maximum absolute atomic E-state index is 13.2. The molecular formula is C13H8F4N2O. The third-order valence-corrected chi connectivity index (χ3v) is 2.46. The van der Waals surface area contributed by atoms with Crippen LogP contribution in [0.1, 0.15) is 10.4 Å². The molecule has 0 saturated heterocycles. The van der Waals surface area contributed by atoms with Crippen LogP contribution in [0, 0.1) is 23.3 Å². The van der Waals surface area contributed by atoms with Gasteiger partial charge in [0.2, 0.25) is 0 Å². The second-order valence-electron chi connectivity index (χ2n) is 3.97. The zero-order valence-electron chi connectivity index (χ0n) is 9.88. The molecule has 0 fully saturated rings. The fourth-order valence-electron chi connectivity index (χ4n) is 1.54. The third kappa shape index (κ3) is 2.87. The zero-order chi connectivity index (χ0) is 14.9. The van der Waals surface area contributed by atoms with Gasteiger partial charge in [-0.15, -0.1) is 0 Å². The minimum Gasteiger partial charge on any atom is -0.394 e. The molecule has 0 saturated carbocycles. The first-order valence-corrected chi connectivity index (χ1v) is 5.39. The summed E-state index contributed by atoms with van der Waals surface area (Å²) < 4.78 is 52.3. The molecule has 0 bridgehead atoms. The maximum Gasteiger partial charge on any atom is 0.255 e. The molecule has 0 unspecified atom stereocenters. The summed E-state index contributed by atoms with van der Waals surface area (Å²) in [5, 5.41) is 2.12. The average Bonchev–Trinajstić information content (AvgIpc) is 2.33. The average molecular weight is 284 g/mol. The summed E-state index contributed by atoms with van der Waals surface area (Å²) in [7, 11) is 0. The molecule has 0 aromatic heterocycles. The molecule has 0 spiro atoms. The minimum absolute atomic E-state index is 0.176. The molecule has 2 rings (SSSR count). The fraction of sp³-hybridized carbons (Fsp3) is 0. The van der Waals surface area contributed by atoms with E-state index in [2.05, 4.69) is 5.32 Å². The van der Waals surface area contributed by atoms with Gasteiger partial charge in [-0.25, -0.2) is 17.6 Å². The summed E-state index contributed by atoms with van der Waals surface area (Å²) in [5.74, 6) is -4.90. The van der Waals surface area contributed by atoms with Crippen molar-refractivity contribution >= 4 is 17.3 Å². The molecule has 20 heavy (non-hydrogen) atoms. The maximum atomic E-state index is 13.2. The highest BCUT2D eigenvalue weighted by molar-refractivity contribution is 6.04. The number of rotatable bonds is 2. The van der Waals surface area contributed by atoms with Crippen molar-refractivity contribution in [3.63, 3.8) is 0 Å². The first-order valence-electron chi connectivity index (χ1n) is 5.39. The van der Waals surface area contributed by atoms with Gasteiger partial charge in [-0.3, -0.25) is 4.79 Å². The number of benzene rings is 2. The molecule has 0 aliphatic heterocycles. The predicted octanol–water partition coefficient (Wildman–Crippen LogP) is 3.08. The highest BCUT2D eigenvalue weighted by Gasteiger charge is 2.14. The molecule has 2 aromatic rings. The lowest BCUT2D eigenvalue weighted by atomic mass is 10.1. The Morgan fingerprint density at radius 3 is 1.90 bits per heavy atom. The van der Waals surface area contributed by atoms with Crippen molar-refractivity contribution in [3.05, 3.63) is 59.2 Å². The van der Waals surface area contributed by atoms with Gasteiger partial charge in [0.05, 0.1) is 0 Å². The van der Waals surface area contributed by atoms with Crippen LogP contribution in [0.2, 0.25) is 0 Å². The zero-order valence-corrected chi connectivity index (χ0v) is 9.88. The summed E-state index contributed by atoms with van der Waals surface area (Å²) in [6, 6.07) is 3.81. The topological polar surface area (TPSA) is 55.1 Å². The van der Waals surface area contributed by atoms with Gasteiger partial charge in [-0.2, -0.15) is 0 Å². The first kappa shape index (κ1) is 13.9. The summed E-state index contributed by atoms with van der Waals surface area (Å²) in [6.07, 6.45) is 0. The van der Waals surface area contributed by atoms with E-state index >= 15 is 0 Å². The lowest BCUT2D eigenvalue weighted by Crippen LogP contribution is -2.13. The smallest absolute Gasteiger partial charge is 0.255 e. The monoisotopic (exact) mass is 284 g/mol. The Bertz CT molecular complexity index is 645.